The van der Waals surface area contributed by atoms with Crippen LogP contribution in [0.3, 0.4) is 0 Å². The van der Waals surface area contributed by atoms with Crippen LogP contribution in [0.2, 0.25) is 0 Å². The second-order valence-electron chi connectivity index (χ2n) is 9.39. The zero-order valence-electron chi connectivity index (χ0n) is 20.4. The van der Waals surface area contributed by atoms with Crippen LogP contribution in [0.1, 0.15) is 60.6 Å². The van der Waals surface area contributed by atoms with Gasteiger partial charge >= 0.3 is 6.09 Å². The molecule has 0 saturated heterocycles. The maximum absolute atomic E-state index is 14.6. The van der Waals surface area contributed by atoms with Crippen molar-refractivity contribution in [1.82, 2.24) is 15.3 Å². The molecule has 2 amide bonds. The van der Waals surface area contributed by atoms with Gasteiger partial charge in [0.15, 0.2) is 0 Å². The van der Waals surface area contributed by atoms with E-state index in [0.29, 0.717) is 30.5 Å². The van der Waals surface area contributed by atoms with Gasteiger partial charge in [0.2, 0.25) is 0 Å². The monoisotopic (exact) mass is 512 g/mol. The molecule has 3 aromatic rings. The number of carbonyl (C=O) groups excluding carboxylic acids is 1. The fourth-order valence-electron chi connectivity index (χ4n) is 5.00. The molecule has 1 aliphatic rings. The summed E-state index contributed by atoms with van der Waals surface area (Å²) >= 11 is 0. The number of benzene rings is 1. The van der Waals surface area contributed by atoms with Crippen molar-refractivity contribution in [1.29, 1.82) is 0 Å². The molecule has 3 atom stereocenters. The van der Waals surface area contributed by atoms with Crippen molar-refractivity contribution in [2.75, 3.05) is 5.32 Å². The van der Waals surface area contributed by atoms with Crippen LogP contribution in [0.4, 0.5) is 23.7 Å². The SMILES string of the molecule is CCc1cc(F)c(-c2nc(C(=O)Nc3cnccc3[C@@H]3C[C@H](C)C[C@H](NC(=O)O)C3)ccc2F)c(F)c1. The molecule has 0 radical (unpaired) electrons. The van der Waals surface area contributed by atoms with Crippen LogP contribution in [0.15, 0.2) is 42.7 Å². The summed E-state index contributed by atoms with van der Waals surface area (Å²) in [6.45, 7) is 3.78. The molecule has 3 N–H and O–H groups in total. The fourth-order valence-corrected chi connectivity index (χ4v) is 5.00. The maximum atomic E-state index is 14.6. The van der Waals surface area contributed by atoms with Crippen LogP contribution in [0.25, 0.3) is 11.3 Å². The van der Waals surface area contributed by atoms with Crippen LogP contribution in [0, 0.1) is 23.4 Å². The van der Waals surface area contributed by atoms with E-state index in [0.717, 1.165) is 36.2 Å². The Morgan fingerprint density at radius 1 is 1.05 bits per heavy atom. The number of aromatic nitrogens is 2. The molecular formula is C27H27F3N4O3. The average molecular weight is 513 g/mol. The summed E-state index contributed by atoms with van der Waals surface area (Å²) in [5.74, 6) is -3.40. The third-order valence-electron chi connectivity index (χ3n) is 6.64. The summed E-state index contributed by atoms with van der Waals surface area (Å²) in [5, 5.41) is 14.4. The van der Waals surface area contributed by atoms with Crippen molar-refractivity contribution >= 4 is 17.7 Å². The molecule has 7 nitrogen and oxygen atoms in total. The molecule has 0 spiro atoms. The Bertz CT molecular complexity index is 1310. The lowest BCUT2D eigenvalue weighted by Gasteiger charge is -2.34. The first-order chi connectivity index (χ1) is 17.7. The quantitative estimate of drug-likeness (QED) is 0.381. The Kier molecular flexibility index (Phi) is 7.75. The molecular weight excluding hydrogens is 485 g/mol. The van der Waals surface area contributed by atoms with E-state index >= 15 is 0 Å². The summed E-state index contributed by atoms with van der Waals surface area (Å²) in [6, 6.07) is 5.85. The summed E-state index contributed by atoms with van der Waals surface area (Å²) in [5.41, 5.74) is 0.127. The van der Waals surface area contributed by atoms with Gasteiger partial charge in [-0.05, 0) is 79.0 Å². The van der Waals surface area contributed by atoms with Gasteiger partial charge in [-0.2, -0.15) is 0 Å². The van der Waals surface area contributed by atoms with Crippen molar-refractivity contribution in [3.05, 3.63) is 77.0 Å². The lowest BCUT2D eigenvalue weighted by atomic mass is 9.76. The molecule has 0 bridgehead atoms. The Morgan fingerprint density at radius 3 is 2.46 bits per heavy atom. The van der Waals surface area contributed by atoms with E-state index in [1.165, 1.54) is 6.20 Å². The standard InChI is InChI=1S/C27H27F3N4O3/c1-3-15-10-20(29)24(21(30)11-15)25-19(28)4-5-22(33-25)26(35)34-23-13-31-7-6-18(23)16-8-14(2)9-17(12-16)32-27(36)37/h4-7,10-11,13-14,16-17,32H,3,8-9,12H2,1-2H3,(H,34,35)(H,36,37)/t14-,16+,17-/m0/s1. The molecule has 0 aliphatic heterocycles. The number of hydrogen-bond donors (Lipinski definition) is 3. The second-order valence-corrected chi connectivity index (χ2v) is 9.39. The Labute approximate surface area is 212 Å². The van der Waals surface area contributed by atoms with Crippen molar-refractivity contribution in [3.63, 3.8) is 0 Å². The minimum atomic E-state index is -1.09. The number of hydrogen-bond acceptors (Lipinski definition) is 4. The van der Waals surface area contributed by atoms with E-state index < -0.39 is 40.7 Å². The predicted octanol–water partition coefficient (Wildman–Crippen LogP) is 5.92. The highest BCUT2D eigenvalue weighted by atomic mass is 19.1. The number of carboxylic acid groups (broad SMARTS) is 1. The van der Waals surface area contributed by atoms with Gasteiger partial charge in [-0.25, -0.2) is 22.9 Å². The molecule has 37 heavy (non-hydrogen) atoms. The van der Waals surface area contributed by atoms with E-state index in [9.17, 15) is 22.8 Å². The number of pyridine rings is 2. The van der Waals surface area contributed by atoms with Gasteiger partial charge in [-0.1, -0.05) is 13.8 Å². The normalized spacial score (nSPS) is 19.3. The third-order valence-corrected chi connectivity index (χ3v) is 6.64. The molecule has 1 fully saturated rings. The first kappa shape index (κ1) is 26.1. The van der Waals surface area contributed by atoms with Gasteiger partial charge in [0.1, 0.15) is 28.8 Å². The van der Waals surface area contributed by atoms with E-state index in [1.807, 2.05) is 6.92 Å². The van der Waals surface area contributed by atoms with Gasteiger partial charge < -0.3 is 15.7 Å². The zero-order valence-corrected chi connectivity index (χ0v) is 20.4. The number of aryl methyl sites for hydroxylation is 1. The summed E-state index contributed by atoms with van der Waals surface area (Å²) < 4.78 is 43.9. The largest absolute Gasteiger partial charge is 0.465 e. The molecule has 0 unspecified atom stereocenters. The molecule has 1 aromatic carbocycles. The first-order valence-electron chi connectivity index (χ1n) is 12.1. The first-order valence-corrected chi connectivity index (χ1v) is 12.1. The van der Waals surface area contributed by atoms with Gasteiger partial charge in [0, 0.05) is 12.2 Å². The molecule has 1 aliphatic carbocycles. The number of rotatable bonds is 6. The summed E-state index contributed by atoms with van der Waals surface area (Å²) in [6.07, 6.45) is 4.42. The highest BCUT2D eigenvalue weighted by Gasteiger charge is 2.30. The number of anilines is 1. The topological polar surface area (TPSA) is 104 Å². The fraction of sp³-hybridized carbons (Fsp3) is 0.333. The predicted molar refractivity (Wildman–Crippen MR) is 132 cm³/mol. The van der Waals surface area contributed by atoms with E-state index in [4.69, 9.17) is 5.11 Å². The molecule has 4 rings (SSSR count). The lowest BCUT2D eigenvalue weighted by molar-refractivity contribution is 0.102. The van der Waals surface area contributed by atoms with Crippen LogP contribution in [-0.2, 0) is 6.42 Å². The zero-order chi connectivity index (χ0) is 26.7. The second kappa shape index (κ2) is 11.0. The van der Waals surface area contributed by atoms with Gasteiger partial charge in [0.05, 0.1) is 17.4 Å². The highest BCUT2D eigenvalue weighted by molar-refractivity contribution is 6.03. The maximum Gasteiger partial charge on any atom is 0.404 e. The molecule has 10 heteroatoms. The van der Waals surface area contributed by atoms with Gasteiger partial charge in [-0.15, -0.1) is 0 Å². The lowest BCUT2D eigenvalue weighted by Crippen LogP contribution is -2.39. The van der Waals surface area contributed by atoms with Crippen LogP contribution in [-0.4, -0.2) is 33.1 Å². The molecule has 1 saturated carbocycles. The number of carbonyl (C=O) groups is 2. The van der Waals surface area contributed by atoms with Crippen LogP contribution >= 0.6 is 0 Å². The molecule has 2 heterocycles. The number of amides is 2. The summed E-state index contributed by atoms with van der Waals surface area (Å²) in [7, 11) is 0. The van der Waals surface area contributed by atoms with Crippen LogP contribution < -0.4 is 10.6 Å². The van der Waals surface area contributed by atoms with Crippen molar-refractivity contribution in [3.8, 4) is 11.3 Å². The Balaban J connectivity index is 1.62. The van der Waals surface area contributed by atoms with E-state index in [-0.39, 0.29) is 23.6 Å². The average Bonchev–Trinajstić information content (AvgIpc) is 2.84. The number of nitrogens with zero attached hydrogens (tertiary/aromatic N) is 2. The van der Waals surface area contributed by atoms with Crippen molar-refractivity contribution in [2.24, 2.45) is 5.92 Å². The Hall–Kier alpha value is -3.95. The minimum absolute atomic E-state index is 0.0455. The third kappa shape index (κ3) is 5.90. The molecule has 2 aromatic heterocycles. The Morgan fingerprint density at radius 2 is 1.78 bits per heavy atom. The highest BCUT2D eigenvalue weighted by Crippen LogP contribution is 2.39. The molecule has 194 valence electrons. The number of nitrogens with one attached hydrogen (secondary N) is 2. The van der Waals surface area contributed by atoms with Crippen molar-refractivity contribution < 1.29 is 27.9 Å². The summed E-state index contributed by atoms with van der Waals surface area (Å²) in [4.78, 5) is 32.3. The van der Waals surface area contributed by atoms with Crippen molar-refractivity contribution in [2.45, 2.75) is 51.5 Å². The van der Waals surface area contributed by atoms with E-state index in [1.54, 1.807) is 19.2 Å². The van der Waals surface area contributed by atoms with Gasteiger partial charge in [0.25, 0.3) is 5.91 Å². The smallest absolute Gasteiger partial charge is 0.404 e. The minimum Gasteiger partial charge on any atom is -0.465 e. The van der Waals surface area contributed by atoms with E-state index in [2.05, 4.69) is 20.6 Å². The van der Waals surface area contributed by atoms with Gasteiger partial charge in [-0.3, -0.25) is 9.78 Å². The number of halogens is 3. The van der Waals surface area contributed by atoms with Crippen LogP contribution in [0.5, 0.6) is 0 Å².